The number of ether oxygens (including phenoxy) is 2. The highest BCUT2D eigenvalue weighted by Crippen LogP contribution is 2.46. The number of methoxy groups -OCH3 is 2. The van der Waals surface area contributed by atoms with Gasteiger partial charge in [-0.2, -0.15) is 5.10 Å². The van der Waals surface area contributed by atoms with E-state index in [2.05, 4.69) is 15.2 Å². The Morgan fingerprint density at radius 3 is 2.68 bits per heavy atom. The van der Waals surface area contributed by atoms with Crippen LogP contribution in [0.1, 0.15) is 33.2 Å². The molecule has 2 aromatic heterocycles. The predicted octanol–water partition coefficient (Wildman–Crippen LogP) is 4.59. The number of amides is 1. The molecule has 1 aliphatic heterocycles. The van der Waals surface area contributed by atoms with Crippen molar-refractivity contribution in [1.29, 1.82) is 0 Å². The molecular weight excluding hydrogens is 456 g/mol. The lowest BCUT2D eigenvalue weighted by Crippen LogP contribution is -2.29. The maximum atomic E-state index is 13.5. The number of nitrogens with zero attached hydrogens (tertiary/aromatic N) is 3. The van der Waals surface area contributed by atoms with Gasteiger partial charge in [-0.3, -0.25) is 14.9 Å². The van der Waals surface area contributed by atoms with E-state index >= 15 is 0 Å². The Morgan fingerprint density at radius 2 is 1.94 bits per heavy atom. The number of benzene rings is 2. The van der Waals surface area contributed by atoms with E-state index in [1.165, 1.54) is 6.07 Å². The van der Waals surface area contributed by atoms with Crippen molar-refractivity contribution in [3.63, 3.8) is 0 Å². The molecule has 0 saturated heterocycles. The minimum absolute atomic E-state index is 0.0166. The van der Waals surface area contributed by atoms with Crippen LogP contribution in [0.3, 0.4) is 0 Å². The van der Waals surface area contributed by atoms with Crippen LogP contribution in [-0.2, 0) is 6.54 Å². The van der Waals surface area contributed by atoms with Gasteiger partial charge in [-0.25, -0.2) is 0 Å². The largest absolute Gasteiger partial charge is 0.507 e. The number of pyridine rings is 1. The zero-order valence-corrected chi connectivity index (χ0v) is 19.2. The van der Waals surface area contributed by atoms with Crippen molar-refractivity contribution in [2.24, 2.45) is 0 Å². The standard InChI is InChI=1S/C25H21ClN4O4/c1-33-19-8-5-15(10-20(19)34-2)24-21-22(17-11-16(26)6-7-18(17)31)28-29-23(21)25(32)30(24)13-14-4-3-9-27-12-14/h3-12,24,31H,13H2,1-2H3,(H,28,29). The summed E-state index contributed by atoms with van der Waals surface area (Å²) in [6.45, 7) is 0.329. The molecule has 34 heavy (non-hydrogen) atoms. The first-order chi connectivity index (χ1) is 16.5. The van der Waals surface area contributed by atoms with Gasteiger partial charge in [0.15, 0.2) is 11.5 Å². The second-order valence-corrected chi connectivity index (χ2v) is 8.27. The number of aromatic amines is 1. The van der Waals surface area contributed by atoms with E-state index in [-0.39, 0.29) is 11.7 Å². The highest BCUT2D eigenvalue weighted by Gasteiger charge is 2.42. The molecule has 1 atom stereocenters. The molecule has 1 unspecified atom stereocenters. The molecule has 0 fully saturated rings. The summed E-state index contributed by atoms with van der Waals surface area (Å²) in [4.78, 5) is 19.5. The summed E-state index contributed by atoms with van der Waals surface area (Å²) in [7, 11) is 3.13. The van der Waals surface area contributed by atoms with Gasteiger partial charge in [0.25, 0.3) is 5.91 Å². The molecule has 172 valence electrons. The Bertz CT molecular complexity index is 1370. The smallest absolute Gasteiger partial charge is 0.273 e. The number of carbonyl (C=O) groups is 1. The maximum absolute atomic E-state index is 13.5. The Labute approximate surface area is 200 Å². The van der Waals surface area contributed by atoms with E-state index in [0.29, 0.717) is 45.6 Å². The maximum Gasteiger partial charge on any atom is 0.273 e. The number of hydrogen-bond donors (Lipinski definition) is 2. The highest BCUT2D eigenvalue weighted by atomic mass is 35.5. The van der Waals surface area contributed by atoms with Crippen LogP contribution < -0.4 is 9.47 Å². The molecule has 3 heterocycles. The molecule has 4 aromatic rings. The second-order valence-electron chi connectivity index (χ2n) is 7.83. The number of fused-ring (bicyclic) bond motifs is 1. The van der Waals surface area contributed by atoms with Crippen molar-refractivity contribution in [2.45, 2.75) is 12.6 Å². The zero-order valence-electron chi connectivity index (χ0n) is 18.4. The monoisotopic (exact) mass is 476 g/mol. The van der Waals surface area contributed by atoms with Gasteiger partial charge in [0.05, 0.1) is 20.3 Å². The predicted molar refractivity (Wildman–Crippen MR) is 126 cm³/mol. The normalized spacial score (nSPS) is 14.9. The molecular formula is C25H21ClN4O4. The fourth-order valence-corrected chi connectivity index (χ4v) is 4.49. The van der Waals surface area contributed by atoms with E-state index in [1.54, 1.807) is 49.7 Å². The van der Waals surface area contributed by atoms with Crippen LogP contribution in [0.15, 0.2) is 60.9 Å². The third-order valence-electron chi connectivity index (χ3n) is 5.88. The van der Waals surface area contributed by atoms with Crippen LogP contribution in [0.5, 0.6) is 17.2 Å². The van der Waals surface area contributed by atoms with E-state index in [4.69, 9.17) is 21.1 Å². The number of aromatic hydroxyl groups is 1. The molecule has 9 heteroatoms. The first kappa shape index (κ1) is 21.8. The molecule has 0 radical (unpaired) electrons. The Hall–Kier alpha value is -4.04. The Kier molecular flexibility index (Phi) is 5.59. The average molecular weight is 477 g/mol. The molecule has 8 nitrogen and oxygen atoms in total. The fourth-order valence-electron chi connectivity index (χ4n) is 4.32. The average Bonchev–Trinajstić information content (AvgIpc) is 3.40. The van der Waals surface area contributed by atoms with Crippen molar-refractivity contribution < 1.29 is 19.4 Å². The van der Waals surface area contributed by atoms with Gasteiger partial charge in [0, 0.05) is 35.1 Å². The number of halogens is 1. The summed E-state index contributed by atoms with van der Waals surface area (Å²) >= 11 is 6.21. The van der Waals surface area contributed by atoms with Gasteiger partial charge in [0.1, 0.15) is 17.1 Å². The summed E-state index contributed by atoms with van der Waals surface area (Å²) in [5.74, 6) is 0.925. The van der Waals surface area contributed by atoms with Gasteiger partial charge in [-0.05, 0) is 47.5 Å². The van der Waals surface area contributed by atoms with E-state index in [0.717, 1.165) is 11.1 Å². The number of nitrogens with one attached hydrogen (secondary N) is 1. The SMILES string of the molecule is COc1ccc(C2c3c(-c4cc(Cl)ccc4O)n[nH]c3C(=O)N2Cc2cccnc2)cc1OC. The molecule has 0 bridgehead atoms. The van der Waals surface area contributed by atoms with Gasteiger partial charge in [0.2, 0.25) is 0 Å². The molecule has 1 aliphatic rings. The molecule has 0 spiro atoms. The molecule has 5 rings (SSSR count). The van der Waals surface area contributed by atoms with Crippen LogP contribution >= 0.6 is 11.6 Å². The lowest BCUT2D eigenvalue weighted by Gasteiger charge is -2.27. The summed E-state index contributed by atoms with van der Waals surface area (Å²) in [5, 5.41) is 18.3. The van der Waals surface area contributed by atoms with Crippen LogP contribution in [0.25, 0.3) is 11.3 Å². The lowest BCUT2D eigenvalue weighted by molar-refractivity contribution is 0.0729. The van der Waals surface area contributed by atoms with Crippen molar-refractivity contribution in [3.05, 3.63) is 88.3 Å². The number of hydrogen-bond acceptors (Lipinski definition) is 6. The first-order valence-electron chi connectivity index (χ1n) is 10.5. The van der Waals surface area contributed by atoms with E-state index in [1.807, 2.05) is 24.3 Å². The van der Waals surface area contributed by atoms with Crippen LogP contribution in [0.2, 0.25) is 5.02 Å². The van der Waals surface area contributed by atoms with Crippen LogP contribution in [0, 0.1) is 0 Å². The van der Waals surface area contributed by atoms with Crippen LogP contribution in [-0.4, -0.2) is 45.3 Å². The van der Waals surface area contributed by atoms with Crippen LogP contribution in [0.4, 0.5) is 0 Å². The Balaban J connectivity index is 1.70. The third kappa shape index (κ3) is 3.62. The van der Waals surface area contributed by atoms with Crippen molar-refractivity contribution in [3.8, 4) is 28.5 Å². The van der Waals surface area contributed by atoms with Crippen molar-refractivity contribution in [1.82, 2.24) is 20.1 Å². The molecule has 2 N–H and O–H groups in total. The summed E-state index contributed by atoms with van der Waals surface area (Å²) in [5.41, 5.74) is 3.59. The molecule has 0 aliphatic carbocycles. The minimum atomic E-state index is -0.505. The third-order valence-corrected chi connectivity index (χ3v) is 6.11. The number of phenolic OH excluding ortho intramolecular Hbond substituents is 1. The van der Waals surface area contributed by atoms with E-state index < -0.39 is 6.04 Å². The topological polar surface area (TPSA) is 101 Å². The summed E-state index contributed by atoms with van der Waals surface area (Å²) in [6, 6.07) is 13.5. The number of phenols is 1. The van der Waals surface area contributed by atoms with Gasteiger partial charge in [-0.15, -0.1) is 0 Å². The number of rotatable bonds is 6. The minimum Gasteiger partial charge on any atom is -0.507 e. The Morgan fingerprint density at radius 1 is 1.12 bits per heavy atom. The number of aromatic nitrogens is 3. The molecule has 1 amide bonds. The zero-order chi connectivity index (χ0) is 23.8. The second kappa shape index (κ2) is 8.72. The summed E-state index contributed by atoms with van der Waals surface area (Å²) < 4.78 is 10.9. The highest BCUT2D eigenvalue weighted by molar-refractivity contribution is 6.31. The van der Waals surface area contributed by atoms with E-state index in [9.17, 15) is 9.90 Å². The first-order valence-corrected chi connectivity index (χ1v) is 10.9. The van der Waals surface area contributed by atoms with Crippen molar-refractivity contribution in [2.75, 3.05) is 14.2 Å². The quantitative estimate of drug-likeness (QED) is 0.422. The van der Waals surface area contributed by atoms with Gasteiger partial charge >= 0.3 is 0 Å². The number of H-pyrrole nitrogens is 1. The van der Waals surface area contributed by atoms with Gasteiger partial charge in [-0.1, -0.05) is 23.7 Å². The lowest BCUT2D eigenvalue weighted by atomic mass is 9.95. The van der Waals surface area contributed by atoms with Crippen molar-refractivity contribution >= 4 is 17.5 Å². The number of carbonyl (C=O) groups excluding carboxylic acids is 1. The summed E-state index contributed by atoms with van der Waals surface area (Å²) in [6.07, 6.45) is 3.42. The van der Waals surface area contributed by atoms with Gasteiger partial charge < -0.3 is 19.5 Å². The molecule has 2 aromatic carbocycles. The fraction of sp³-hybridized carbons (Fsp3) is 0.160. The molecule has 0 saturated carbocycles.